The van der Waals surface area contributed by atoms with Gasteiger partial charge in [-0.25, -0.2) is 23.6 Å². The van der Waals surface area contributed by atoms with Gasteiger partial charge < -0.3 is 29.9 Å². The van der Waals surface area contributed by atoms with Crippen LogP contribution in [0, 0.1) is 5.82 Å². The molecule has 0 heterocycles. The van der Waals surface area contributed by atoms with Crippen LogP contribution in [0.5, 0.6) is 11.5 Å². The van der Waals surface area contributed by atoms with Crippen LogP contribution in [-0.4, -0.2) is 63.3 Å². The van der Waals surface area contributed by atoms with Crippen molar-refractivity contribution in [3.63, 3.8) is 0 Å². The van der Waals surface area contributed by atoms with Crippen LogP contribution in [0.15, 0.2) is 84.9 Å². The van der Waals surface area contributed by atoms with E-state index in [9.17, 15) is 48.8 Å². The largest absolute Gasteiger partial charge is 0.494 e. The maximum Gasteiger partial charge on any atom is 0.340 e. The van der Waals surface area contributed by atoms with E-state index in [2.05, 4.69) is 0 Å². The Morgan fingerprint density at radius 1 is 0.612 bits per heavy atom. The zero-order valence-corrected chi connectivity index (χ0v) is 25.9. The van der Waals surface area contributed by atoms with E-state index >= 15 is 0 Å². The summed E-state index contributed by atoms with van der Waals surface area (Å²) in [5, 5.41) is 38.3. The van der Waals surface area contributed by atoms with Crippen molar-refractivity contribution in [2.75, 3.05) is 13.2 Å². The molecule has 0 radical (unpaired) electrons. The third-order valence-corrected chi connectivity index (χ3v) is 7.38. The minimum absolute atomic E-state index is 0.0227. The molecule has 0 aromatic heterocycles. The summed E-state index contributed by atoms with van der Waals surface area (Å²) in [7, 11) is 0. The van der Waals surface area contributed by atoms with Crippen LogP contribution in [0.1, 0.15) is 83.0 Å². The first kappa shape index (κ1) is 35.6. The zero-order chi connectivity index (χ0) is 35.5. The Morgan fingerprint density at radius 3 is 1.80 bits per heavy atom. The lowest BCUT2D eigenvalue weighted by Gasteiger charge is -2.17. The van der Waals surface area contributed by atoms with E-state index in [4.69, 9.17) is 9.47 Å². The number of hydrogen-bond acceptors (Lipinski definition) is 7. The highest BCUT2D eigenvalue weighted by molar-refractivity contribution is 6.07. The molecule has 252 valence electrons. The van der Waals surface area contributed by atoms with Crippen LogP contribution in [0.2, 0.25) is 0 Å². The predicted molar refractivity (Wildman–Crippen MR) is 175 cm³/mol. The fourth-order valence-electron chi connectivity index (χ4n) is 4.91. The van der Waals surface area contributed by atoms with Gasteiger partial charge >= 0.3 is 23.9 Å². The number of carbonyl (C=O) groups excluding carboxylic acids is 1. The van der Waals surface area contributed by atoms with Gasteiger partial charge in [0.2, 0.25) is 0 Å². The van der Waals surface area contributed by atoms with Gasteiger partial charge in [0, 0.05) is 11.1 Å². The Morgan fingerprint density at radius 2 is 1.20 bits per heavy atom. The highest BCUT2D eigenvalue weighted by Crippen LogP contribution is 2.37. The molecule has 0 unspecified atom stereocenters. The summed E-state index contributed by atoms with van der Waals surface area (Å²) >= 11 is 0. The molecule has 4 aromatic carbocycles. The fraction of sp³-hybridized carbons (Fsp3) is 0.162. The van der Waals surface area contributed by atoms with Gasteiger partial charge in [-0.05, 0) is 104 Å². The first-order valence-electron chi connectivity index (χ1n) is 15.0. The number of benzene rings is 4. The van der Waals surface area contributed by atoms with Gasteiger partial charge in [-0.3, -0.25) is 4.79 Å². The highest BCUT2D eigenvalue weighted by Gasteiger charge is 2.26. The lowest BCUT2D eigenvalue weighted by atomic mass is 9.94. The van der Waals surface area contributed by atoms with Crippen LogP contribution in [0.4, 0.5) is 4.39 Å². The van der Waals surface area contributed by atoms with Crippen molar-refractivity contribution < 1.29 is 58.3 Å². The van der Waals surface area contributed by atoms with E-state index in [1.165, 1.54) is 42.5 Å². The van der Waals surface area contributed by atoms with Crippen molar-refractivity contribution in [2.24, 2.45) is 0 Å². The van der Waals surface area contributed by atoms with E-state index in [1.807, 2.05) is 0 Å². The van der Waals surface area contributed by atoms with Gasteiger partial charge in [0.15, 0.2) is 5.78 Å². The van der Waals surface area contributed by atoms with Crippen LogP contribution in [0.3, 0.4) is 0 Å². The Labute approximate surface area is 279 Å². The minimum atomic E-state index is -1.56. The molecular formula is C37H31FO11. The Bertz CT molecular complexity index is 1900. The average Bonchev–Trinajstić information content (AvgIpc) is 3.08. The normalized spacial score (nSPS) is 10.9. The standard InChI is InChI=1S/C37H31FO11/c38-25-11-8-23(9-12-25)31(39)18-7-22-5-13-26(14-6-22)48-19-3-1-2-4-20-49-33-27(16-17-29(35(42)43)32(33)37(46)47)24-10-15-28(34(40)41)30(21-24)36(44)45/h5-18,21H,1-4,19-20H2,(H,40,41)(H,42,43)(H,44,45)(H,46,47). The van der Waals surface area contributed by atoms with E-state index in [-0.39, 0.29) is 29.3 Å². The number of allylic oxidation sites excluding steroid dienone is 1. The predicted octanol–water partition coefficient (Wildman–Crippen LogP) is 7.20. The molecule has 0 bridgehead atoms. The number of aromatic carboxylic acids is 4. The zero-order valence-electron chi connectivity index (χ0n) is 25.9. The molecule has 4 aromatic rings. The molecule has 0 spiro atoms. The summed E-state index contributed by atoms with van der Waals surface area (Å²) in [6.07, 6.45) is 5.64. The molecule has 0 amide bonds. The first-order valence-corrected chi connectivity index (χ1v) is 15.0. The monoisotopic (exact) mass is 670 g/mol. The highest BCUT2D eigenvalue weighted by atomic mass is 19.1. The molecular weight excluding hydrogens is 639 g/mol. The summed E-state index contributed by atoms with van der Waals surface area (Å²) in [4.78, 5) is 59.4. The maximum absolute atomic E-state index is 13.1. The van der Waals surface area contributed by atoms with E-state index < -0.39 is 51.9 Å². The van der Waals surface area contributed by atoms with Crippen LogP contribution in [-0.2, 0) is 0 Å². The number of rotatable bonds is 17. The quantitative estimate of drug-likeness (QED) is 0.0506. The smallest absolute Gasteiger partial charge is 0.340 e. The van der Waals surface area contributed by atoms with Crippen molar-refractivity contribution in [1.29, 1.82) is 0 Å². The molecule has 11 nitrogen and oxygen atoms in total. The van der Waals surface area contributed by atoms with Gasteiger partial charge in [-0.2, -0.15) is 0 Å². The molecule has 4 N–H and O–H groups in total. The van der Waals surface area contributed by atoms with E-state index in [1.54, 1.807) is 30.3 Å². The number of ketones is 1. The van der Waals surface area contributed by atoms with Gasteiger partial charge in [0.25, 0.3) is 0 Å². The SMILES string of the molecule is O=C(C=Cc1ccc(OCCCCCCOc2c(-c3ccc(C(=O)O)c(C(=O)O)c3)ccc(C(=O)O)c2C(=O)O)cc1)c1ccc(F)cc1. The van der Waals surface area contributed by atoms with Gasteiger partial charge in [0.05, 0.1) is 29.9 Å². The molecule has 12 heteroatoms. The average molecular weight is 671 g/mol. The minimum Gasteiger partial charge on any atom is -0.494 e. The molecule has 0 saturated carbocycles. The van der Waals surface area contributed by atoms with Crippen LogP contribution in [0.25, 0.3) is 17.2 Å². The van der Waals surface area contributed by atoms with Crippen LogP contribution < -0.4 is 9.47 Å². The first-order chi connectivity index (χ1) is 23.5. The molecule has 0 aliphatic heterocycles. The Balaban J connectivity index is 1.31. The molecule has 4 rings (SSSR count). The number of unbranched alkanes of at least 4 members (excludes halogenated alkanes) is 3. The lowest BCUT2D eigenvalue weighted by molar-refractivity contribution is 0.0647. The number of hydrogen-bond donors (Lipinski definition) is 4. The number of halogens is 1. The molecule has 0 atom stereocenters. The van der Waals surface area contributed by atoms with Crippen molar-refractivity contribution in [1.82, 2.24) is 0 Å². The molecule has 49 heavy (non-hydrogen) atoms. The van der Waals surface area contributed by atoms with Crippen molar-refractivity contribution in [3.05, 3.63) is 124 Å². The molecule has 0 aliphatic rings. The molecule has 0 aliphatic carbocycles. The van der Waals surface area contributed by atoms with E-state index in [0.717, 1.165) is 30.2 Å². The third-order valence-electron chi connectivity index (χ3n) is 7.38. The van der Waals surface area contributed by atoms with Gasteiger partial charge in [-0.1, -0.05) is 24.3 Å². The maximum atomic E-state index is 13.1. The number of carboxylic acids is 4. The summed E-state index contributed by atoms with van der Waals surface area (Å²) in [5.41, 5.74) is -0.735. The van der Waals surface area contributed by atoms with E-state index in [0.29, 0.717) is 37.2 Å². The van der Waals surface area contributed by atoms with Crippen molar-refractivity contribution in [3.8, 4) is 22.6 Å². The van der Waals surface area contributed by atoms with Crippen LogP contribution >= 0.6 is 0 Å². The second kappa shape index (κ2) is 16.5. The molecule has 0 fully saturated rings. The number of carboxylic acid groups (broad SMARTS) is 4. The second-order valence-electron chi connectivity index (χ2n) is 10.7. The summed E-state index contributed by atoms with van der Waals surface area (Å²) in [6.45, 7) is 0.445. The summed E-state index contributed by atoms with van der Waals surface area (Å²) < 4.78 is 24.7. The Hall–Kier alpha value is -6.30. The molecule has 0 saturated heterocycles. The number of ether oxygens (including phenoxy) is 2. The van der Waals surface area contributed by atoms with Crippen molar-refractivity contribution >= 4 is 35.7 Å². The Kier molecular flexibility index (Phi) is 12.0. The second-order valence-corrected chi connectivity index (χ2v) is 10.7. The van der Waals surface area contributed by atoms with Crippen molar-refractivity contribution in [2.45, 2.75) is 25.7 Å². The fourth-order valence-corrected chi connectivity index (χ4v) is 4.91. The van der Waals surface area contributed by atoms with Gasteiger partial charge in [0.1, 0.15) is 22.9 Å². The van der Waals surface area contributed by atoms with Gasteiger partial charge in [-0.15, -0.1) is 0 Å². The lowest BCUT2D eigenvalue weighted by Crippen LogP contribution is -2.13. The third kappa shape index (κ3) is 9.38. The summed E-state index contributed by atoms with van der Waals surface area (Å²) in [6, 6.07) is 18.2. The number of carbonyl (C=O) groups is 5. The summed E-state index contributed by atoms with van der Waals surface area (Å²) in [5.74, 6) is -6.32. The topological polar surface area (TPSA) is 185 Å².